The number of nitrogens with one attached hydrogen (secondary N) is 1. The number of carbonyl (C=O) groups is 1. The van der Waals surface area contributed by atoms with Crippen LogP contribution in [0.15, 0.2) is 18.2 Å². The molecule has 2 aliphatic rings. The molecule has 114 valence electrons. The predicted molar refractivity (Wildman–Crippen MR) is 75.4 cm³/mol. The van der Waals surface area contributed by atoms with E-state index in [1.807, 2.05) is 0 Å². The number of carbonyl (C=O) groups excluding carboxylic acids is 1. The van der Waals surface area contributed by atoms with Crippen molar-refractivity contribution in [3.8, 4) is 0 Å². The van der Waals surface area contributed by atoms with Crippen molar-refractivity contribution in [1.29, 1.82) is 0 Å². The van der Waals surface area contributed by atoms with Crippen molar-refractivity contribution in [3.63, 3.8) is 0 Å². The summed E-state index contributed by atoms with van der Waals surface area (Å²) in [6, 6.07) is 3.51. The molecule has 0 spiro atoms. The van der Waals surface area contributed by atoms with Gasteiger partial charge in [0, 0.05) is 17.7 Å². The highest BCUT2D eigenvalue weighted by Gasteiger charge is 2.46. The van der Waals surface area contributed by atoms with Gasteiger partial charge in [0.15, 0.2) is 0 Å². The first-order valence-electron chi connectivity index (χ1n) is 7.65. The lowest BCUT2D eigenvalue weighted by Gasteiger charge is -2.24. The highest BCUT2D eigenvalue weighted by molar-refractivity contribution is 5.85. The standard InChI is InChI=1S/C16H20F2N2O/c1-2-3-4-14-16(21)20(11-6-7-11)15(19-14)12-8-5-10(17)9-13(12)18/h5,8-9,11,14-15,19H,2-4,6-7H2,1H3. The molecule has 5 heteroatoms. The Bertz CT molecular complexity index is 545. The summed E-state index contributed by atoms with van der Waals surface area (Å²) in [5, 5.41) is 3.24. The van der Waals surface area contributed by atoms with Crippen molar-refractivity contribution in [3.05, 3.63) is 35.4 Å². The van der Waals surface area contributed by atoms with E-state index >= 15 is 0 Å². The molecule has 1 heterocycles. The van der Waals surface area contributed by atoms with Crippen LogP contribution in [-0.4, -0.2) is 22.9 Å². The molecular weight excluding hydrogens is 274 g/mol. The zero-order chi connectivity index (χ0) is 15.0. The lowest BCUT2D eigenvalue weighted by molar-refractivity contribution is -0.130. The molecule has 1 N–H and O–H groups in total. The molecule has 1 aliphatic carbocycles. The lowest BCUT2D eigenvalue weighted by atomic mass is 10.1. The molecule has 0 radical (unpaired) electrons. The number of amides is 1. The third-order valence-electron chi connectivity index (χ3n) is 4.23. The molecule has 2 fully saturated rings. The number of rotatable bonds is 5. The van der Waals surface area contributed by atoms with Gasteiger partial charge in [0.1, 0.15) is 17.8 Å². The number of hydrogen-bond donors (Lipinski definition) is 1. The monoisotopic (exact) mass is 294 g/mol. The van der Waals surface area contributed by atoms with E-state index in [2.05, 4.69) is 12.2 Å². The van der Waals surface area contributed by atoms with Gasteiger partial charge in [-0.15, -0.1) is 0 Å². The van der Waals surface area contributed by atoms with Gasteiger partial charge in [-0.1, -0.05) is 19.8 Å². The summed E-state index contributed by atoms with van der Waals surface area (Å²) in [5.74, 6) is -1.14. The number of benzene rings is 1. The van der Waals surface area contributed by atoms with Crippen molar-refractivity contribution in [2.75, 3.05) is 0 Å². The van der Waals surface area contributed by atoms with E-state index in [4.69, 9.17) is 0 Å². The topological polar surface area (TPSA) is 32.3 Å². The third kappa shape index (κ3) is 2.79. The normalized spacial score (nSPS) is 25.7. The quantitative estimate of drug-likeness (QED) is 0.905. The van der Waals surface area contributed by atoms with E-state index in [9.17, 15) is 13.6 Å². The predicted octanol–water partition coefficient (Wildman–Crippen LogP) is 3.12. The maximum atomic E-state index is 14.0. The minimum absolute atomic E-state index is 0.0553. The van der Waals surface area contributed by atoms with Gasteiger partial charge in [-0.2, -0.15) is 0 Å². The Hall–Kier alpha value is -1.49. The average molecular weight is 294 g/mol. The molecule has 2 atom stereocenters. The van der Waals surface area contributed by atoms with Crippen molar-refractivity contribution in [2.24, 2.45) is 0 Å². The van der Waals surface area contributed by atoms with Crippen LogP contribution < -0.4 is 5.32 Å². The Morgan fingerprint density at radius 1 is 1.33 bits per heavy atom. The van der Waals surface area contributed by atoms with Crippen LogP contribution in [0.25, 0.3) is 0 Å². The molecule has 1 aromatic carbocycles. The largest absolute Gasteiger partial charge is 0.318 e. The summed E-state index contributed by atoms with van der Waals surface area (Å²) >= 11 is 0. The van der Waals surface area contributed by atoms with Crippen LogP contribution in [0, 0.1) is 11.6 Å². The fourth-order valence-electron chi connectivity index (χ4n) is 2.97. The van der Waals surface area contributed by atoms with E-state index in [0.29, 0.717) is 5.56 Å². The van der Waals surface area contributed by atoms with Crippen LogP contribution in [0.3, 0.4) is 0 Å². The molecule has 1 aliphatic heterocycles. The van der Waals surface area contributed by atoms with Crippen molar-refractivity contribution in [1.82, 2.24) is 10.2 Å². The molecule has 1 saturated carbocycles. The second kappa shape index (κ2) is 5.72. The molecule has 1 aromatic rings. The van der Waals surface area contributed by atoms with E-state index in [1.165, 1.54) is 12.1 Å². The molecule has 0 aromatic heterocycles. The van der Waals surface area contributed by atoms with Crippen molar-refractivity contribution in [2.45, 2.75) is 57.3 Å². The second-order valence-corrected chi connectivity index (χ2v) is 5.91. The van der Waals surface area contributed by atoms with E-state index < -0.39 is 17.8 Å². The maximum absolute atomic E-state index is 14.0. The first-order chi connectivity index (χ1) is 10.1. The Balaban J connectivity index is 1.86. The third-order valence-corrected chi connectivity index (χ3v) is 4.23. The van der Waals surface area contributed by atoms with Gasteiger partial charge in [0.2, 0.25) is 5.91 Å². The second-order valence-electron chi connectivity index (χ2n) is 5.91. The number of unbranched alkanes of at least 4 members (excludes halogenated alkanes) is 1. The van der Waals surface area contributed by atoms with Crippen LogP contribution in [0.4, 0.5) is 8.78 Å². The molecule has 3 nitrogen and oxygen atoms in total. The van der Waals surface area contributed by atoms with Crippen LogP contribution >= 0.6 is 0 Å². The molecule has 3 rings (SSSR count). The van der Waals surface area contributed by atoms with Crippen LogP contribution in [0.2, 0.25) is 0 Å². The highest BCUT2D eigenvalue weighted by Crippen LogP contribution is 2.38. The highest BCUT2D eigenvalue weighted by atomic mass is 19.1. The zero-order valence-electron chi connectivity index (χ0n) is 12.1. The molecule has 1 amide bonds. The smallest absolute Gasteiger partial charge is 0.241 e. The van der Waals surface area contributed by atoms with E-state index in [0.717, 1.165) is 38.2 Å². The summed E-state index contributed by atoms with van der Waals surface area (Å²) < 4.78 is 27.1. The lowest BCUT2D eigenvalue weighted by Crippen LogP contribution is -2.33. The number of halogens is 2. The van der Waals surface area contributed by atoms with E-state index in [-0.39, 0.29) is 18.0 Å². The van der Waals surface area contributed by atoms with Gasteiger partial charge in [-0.05, 0) is 31.4 Å². The van der Waals surface area contributed by atoms with Crippen LogP contribution in [-0.2, 0) is 4.79 Å². The van der Waals surface area contributed by atoms with Gasteiger partial charge < -0.3 is 4.90 Å². The van der Waals surface area contributed by atoms with Crippen LogP contribution in [0.5, 0.6) is 0 Å². The van der Waals surface area contributed by atoms with Gasteiger partial charge in [-0.3, -0.25) is 10.1 Å². The van der Waals surface area contributed by atoms with Gasteiger partial charge in [-0.25, -0.2) is 8.78 Å². The molecule has 1 saturated heterocycles. The first kappa shape index (κ1) is 14.4. The zero-order valence-corrected chi connectivity index (χ0v) is 12.1. The Morgan fingerprint density at radius 3 is 2.71 bits per heavy atom. The fourth-order valence-corrected chi connectivity index (χ4v) is 2.97. The van der Waals surface area contributed by atoms with Gasteiger partial charge >= 0.3 is 0 Å². The van der Waals surface area contributed by atoms with Crippen molar-refractivity contribution >= 4 is 5.91 Å². The molecular formula is C16H20F2N2O. The van der Waals surface area contributed by atoms with Gasteiger partial charge in [0.05, 0.1) is 6.04 Å². The minimum atomic E-state index is -0.596. The summed E-state index contributed by atoms with van der Waals surface area (Å²) in [6.07, 6.45) is 4.20. The number of hydrogen-bond acceptors (Lipinski definition) is 2. The molecule has 21 heavy (non-hydrogen) atoms. The summed E-state index contributed by atoms with van der Waals surface area (Å²) in [5.41, 5.74) is 0.357. The average Bonchev–Trinajstić information content (AvgIpc) is 3.22. The SMILES string of the molecule is CCCCC1NC(c2ccc(F)cc2F)N(C2CC2)C1=O. The van der Waals surface area contributed by atoms with Crippen molar-refractivity contribution < 1.29 is 13.6 Å². The fraction of sp³-hybridized carbons (Fsp3) is 0.562. The van der Waals surface area contributed by atoms with E-state index in [1.54, 1.807) is 4.90 Å². The Morgan fingerprint density at radius 2 is 2.10 bits per heavy atom. The summed E-state index contributed by atoms with van der Waals surface area (Å²) in [7, 11) is 0. The Labute approximate surface area is 123 Å². The van der Waals surface area contributed by atoms with Crippen LogP contribution in [0.1, 0.15) is 50.8 Å². The minimum Gasteiger partial charge on any atom is -0.318 e. The van der Waals surface area contributed by atoms with Gasteiger partial charge in [0.25, 0.3) is 0 Å². The summed E-state index contributed by atoms with van der Waals surface area (Å²) in [4.78, 5) is 14.3. The summed E-state index contributed by atoms with van der Waals surface area (Å²) in [6.45, 7) is 2.08. The first-order valence-corrected chi connectivity index (χ1v) is 7.65. The molecule has 0 bridgehead atoms. The number of nitrogens with zero attached hydrogens (tertiary/aromatic N) is 1. The maximum Gasteiger partial charge on any atom is 0.241 e. The molecule has 2 unspecified atom stereocenters. The Kier molecular flexibility index (Phi) is 3.93.